The number of ether oxygens (including phenoxy) is 2. The Morgan fingerprint density at radius 1 is 1.03 bits per heavy atom. The Kier molecular flexibility index (Phi) is 6.59. The van der Waals surface area contributed by atoms with E-state index in [2.05, 4.69) is 10.4 Å². The predicted molar refractivity (Wildman–Crippen MR) is 110 cm³/mol. The zero-order valence-electron chi connectivity index (χ0n) is 16.6. The highest BCUT2D eigenvalue weighted by molar-refractivity contribution is 6.02. The molecule has 0 saturated heterocycles. The van der Waals surface area contributed by atoms with Gasteiger partial charge >= 0.3 is 5.97 Å². The molecule has 3 rings (SSSR count). The molecule has 8 heteroatoms. The van der Waals surface area contributed by atoms with Gasteiger partial charge in [0.25, 0.3) is 0 Å². The number of amides is 1. The molecule has 0 bridgehead atoms. The van der Waals surface area contributed by atoms with Gasteiger partial charge in [-0.25, -0.2) is 4.79 Å². The van der Waals surface area contributed by atoms with Crippen LogP contribution in [-0.4, -0.2) is 41.2 Å². The Labute approximate surface area is 173 Å². The molecule has 1 N–H and O–H groups in total. The molecule has 0 aliphatic heterocycles. The van der Waals surface area contributed by atoms with Gasteiger partial charge in [-0.3, -0.25) is 14.3 Å². The van der Waals surface area contributed by atoms with Crippen molar-refractivity contribution in [2.24, 2.45) is 0 Å². The second kappa shape index (κ2) is 9.51. The summed E-state index contributed by atoms with van der Waals surface area (Å²) in [4.78, 5) is 36.2. The van der Waals surface area contributed by atoms with E-state index in [1.807, 2.05) is 24.3 Å². The van der Waals surface area contributed by atoms with Crippen molar-refractivity contribution in [2.75, 3.05) is 19.0 Å². The summed E-state index contributed by atoms with van der Waals surface area (Å²) in [6.07, 6.45) is 1.54. The number of carbonyl (C=O) groups is 3. The molecule has 0 atom stereocenters. The number of anilines is 1. The largest absolute Gasteiger partial charge is 0.497 e. The van der Waals surface area contributed by atoms with Gasteiger partial charge in [0.05, 0.1) is 19.3 Å². The van der Waals surface area contributed by atoms with Gasteiger partial charge in [0, 0.05) is 18.7 Å². The molecule has 8 nitrogen and oxygen atoms in total. The summed E-state index contributed by atoms with van der Waals surface area (Å²) in [5.74, 6) is -0.752. The third-order valence-electron chi connectivity index (χ3n) is 4.20. The zero-order valence-corrected chi connectivity index (χ0v) is 16.6. The molecule has 2 aromatic carbocycles. The lowest BCUT2D eigenvalue weighted by Crippen LogP contribution is -2.17. The van der Waals surface area contributed by atoms with Gasteiger partial charge in [-0.2, -0.15) is 5.10 Å². The number of nitrogens with zero attached hydrogens (tertiary/aromatic N) is 2. The highest BCUT2D eigenvalue weighted by Crippen LogP contribution is 2.18. The minimum absolute atomic E-state index is 0.0698. The summed E-state index contributed by atoms with van der Waals surface area (Å²) in [5, 5.41) is 6.81. The minimum atomic E-state index is -0.795. The van der Waals surface area contributed by atoms with E-state index in [4.69, 9.17) is 9.47 Å². The number of nitrogens with one attached hydrogen (secondary N) is 1. The summed E-state index contributed by atoms with van der Waals surface area (Å²) >= 11 is 0. The molecule has 0 fully saturated rings. The molecular weight excluding hydrogens is 386 g/mol. The molecular formula is C22H21N3O5. The molecule has 0 saturated carbocycles. The van der Waals surface area contributed by atoms with Crippen molar-refractivity contribution in [1.29, 1.82) is 0 Å². The fourth-order valence-electron chi connectivity index (χ4n) is 2.76. The van der Waals surface area contributed by atoms with Gasteiger partial charge in [0.2, 0.25) is 5.91 Å². The number of ketones is 1. The molecule has 154 valence electrons. The topological polar surface area (TPSA) is 99.5 Å². The van der Waals surface area contributed by atoms with Crippen LogP contribution < -0.4 is 10.1 Å². The normalized spacial score (nSPS) is 10.3. The van der Waals surface area contributed by atoms with E-state index in [9.17, 15) is 14.4 Å². The molecule has 0 aliphatic carbocycles. The molecule has 0 radical (unpaired) electrons. The Morgan fingerprint density at radius 2 is 1.73 bits per heavy atom. The maximum Gasteiger partial charge on any atom is 0.361 e. The zero-order chi connectivity index (χ0) is 21.5. The number of hydrogen-bond donors (Lipinski definition) is 1. The van der Waals surface area contributed by atoms with Crippen molar-refractivity contribution in [2.45, 2.75) is 13.5 Å². The van der Waals surface area contributed by atoms with Crippen LogP contribution in [0, 0.1) is 0 Å². The smallest absolute Gasteiger partial charge is 0.361 e. The van der Waals surface area contributed by atoms with Crippen molar-refractivity contribution in [3.05, 3.63) is 77.6 Å². The van der Waals surface area contributed by atoms with Crippen LogP contribution in [0.4, 0.5) is 5.69 Å². The predicted octanol–water partition coefficient (Wildman–Crippen LogP) is 2.94. The van der Waals surface area contributed by atoms with Crippen molar-refractivity contribution < 1.29 is 23.9 Å². The summed E-state index contributed by atoms with van der Waals surface area (Å²) in [6.45, 7) is 1.27. The average Bonchev–Trinajstić information content (AvgIpc) is 3.14. The monoisotopic (exact) mass is 407 g/mol. The maximum absolute atomic E-state index is 12.5. The van der Waals surface area contributed by atoms with Crippen LogP contribution in [0.25, 0.3) is 0 Å². The van der Waals surface area contributed by atoms with Crippen LogP contribution >= 0.6 is 0 Å². The number of Topliss-reactive ketones (excluding diaryl/α,β-unsaturated/α-hetero) is 1. The first-order valence-electron chi connectivity index (χ1n) is 9.19. The molecule has 3 aromatic rings. The Balaban J connectivity index is 1.73. The quantitative estimate of drug-likeness (QED) is 0.455. The van der Waals surface area contributed by atoms with Crippen molar-refractivity contribution in [3.63, 3.8) is 0 Å². The lowest BCUT2D eigenvalue weighted by Gasteiger charge is -2.05. The Morgan fingerprint density at radius 3 is 2.37 bits per heavy atom. The summed E-state index contributed by atoms with van der Waals surface area (Å²) in [7, 11) is 1.59. The van der Waals surface area contributed by atoms with Crippen LogP contribution in [0.2, 0.25) is 0 Å². The standard InChI is InChI=1S/C22H21N3O5/c1-15(26)23-19-13-25(12-16-8-10-18(29-2)11-9-16)24-21(19)22(28)30-14-20(27)17-6-4-3-5-7-17/h3-11,13H,12,14H2,1-2H3,(H,23,26). The first-order chi connectivity index (χ1) is 14.5. The summed E-state index contributed by atoms with van der Waals surface area (Å²) in [6, 6.07) is 15.9. The lowest BCUT2D eigenvalue weighted by atomic mass is 10.1. The van der Waals surface area contributed by atoms with Crippen LogP contribution in [0.15, 0.2) is 60.8 Å². The van der Waals surface area contributed by atoms with Gasteiger partial charge in [-0.15, -0.1) is 0 Å². The van der Waals surface area contributed by atoms with Gasteiger partial charge in [0.1, 0.15) is 5.75 Å². The number of rotatable bonds is 8. The fourth-order valence-corrected chi connectivity index (χ4v) is 2.76. The number of benzene rings is 2. The van der Waals surface area contributed by atoms with Gasteiger partial charge < -0.3 is 14.8 Å². The third kappa shape index (κ3) is 5.32. The second-order valence-corrected chi connectivity index (χ2v) is 6.48. The minimum Gasteiger partial charge on any atom is -0.497 e. The van der Waals surface area contributed by atoms with E-state index >= 15 is 0 Å². The number of hydrogen-bond acceptors (Lipinski definition) is 6. The van der Waals surface area contributed by atoms with E-state index in [-0.39, 0.29) is 23.1 Å². The van der Waals surface area contributed by atoms with Crippen molar-refractivity contribution in [1.82, 2.24) is 9.78 Å². The molecule has 1 amide bonds. The molecule has 0 spiro atoms. The first-order valence-corrected chi connectivity index (χ1v) is 9.19. The maximum atomic E-state index is 12.5. The van der Waals surface area contributed by atoms with E-state index < -0.39 is 12.6 Å². The molecule has 0 unspecified atom stereocenters. The lowest BCUT2D eigenvalue weighted by molar-refractivity contribution is -0.114. The van der Waals surface area contributed by atoms with E-state index in [1.165, 1.54) is 11.6 Å². The summed E-state index contributed by atoms with van der Waals surface area (Å²) < 4.78 is 11.8. The highest BCUT2D eigenvalue weighted by atomic mass is 16.5. The van der Waals surface area contributed by atoms with Crippen LogP contribution in [0.5, 0.6) is 5.75 Å². The van der Waals surface area contributed by atoms with E-state index in [0.717, 1.165) is 11.3 Å². The van der Waals surface area contributed by atoms with E-state index in [1.54, 1.807) is 43.6 Å². The van der Waals surface area contributed by atoms with Gasteiger partial charge in [0.15, 0.2) is 18.1 Å². The summed E-state index contributed by atoms with van der Waals surface area (Å²) in [5.41, 5.74) is 1.51. The molecule has 1 heterocycles. The van der Waals surface area contributed by atoms with Gasteiger partial charge in [-0.1, -0.05) is 42.5 Å². The second-order valence-electron chi connectivity index (χ2n) is 6.48. The number of carbonyl (C=O) groups excluding carboxylic acids is 3. The van der Waals surface area contributed by atoms with Crippen LogP contribution in [0.1, 0.15) is 33.3 Å². The number of methoxy groups -OCH3 is 1. The Hall–Kier alpha value is -3.94. The van der Waals surface area contributed by atoms with Crippen LogP contribution in [0.3, 0.4) is 0 Å². The molecule has 0 aliphatic rings. The average molecular weight is 407 g/mol. The van der Waals surface area contributed by atoms with Crippen molar-refractivity contribution in [3.8, 4) is 5.75 Å². The first kappa shape index (κ1) is 20.8. The van der Waals surface area contributed by atoms with E-state index in [0.29, 0.717) is 12.1 Å². The third-order valence-corrected chi connectivity index (χ3v) is 4.20. The molecule has 1 aromatic heterocycles. The number of aromatic nitrogens is 2. The van der Waals surface area contributed by atoms with Crippen LogP contribution in [-0.2, 0) is 16.1 Å². The highest BCUT2D eigenvalue weighted by Gasteiger charge is 2.21. The van der Waals surface area contributed by atoms with Crippen molar-refractivity contribution >= 4 is 23.3 Å². The number of esters is 1. The fraction of sp³-hybridized carbons (Fsp3) is 0.182. The Bertz CT molecular complexity index is 1040. The SMILES string of the molecule is COc1ccc(Cn2cc(NC(C)=O)c(C(=O)OCC(=O)c3ccccc3)n2)cc1. The van der Waals surface area contributed by atoms with Gasteiger partial charge in [-0.05, 0) is 17.7 Å². The molecule has 30 heavy (non-hydrogen) atoms.